The molecule has 0 unspecified atom stereocenters. The fraction of sp³-hybridized carbons (Fsp3) is 0.762. The minimum absolute atomic E-state index is 0.748. The number of rotatable bonds is 8. The van der Waals surface area contributed by atoms with E-state index < -0.39 is 104 Å². The summed E-state index contributed by atoms with van der Waals surface area (Å²) < 4.78 is 74.2. The van der Waals surface area contributed by atoms with Gasteiger partial charge >= 0.3 is 36.0 Å². The van der Waals surface area contributed by atoms with Gasteiger partial charge in [-0.25, -0.2) is 4.79 Å². The second kappa shape index (κ2) is 13.5. The van der Waals surface area contributed by atoms with Gasteiger partial charge in [-0.2, -0.15) is 13.2 Å². The van der Waals surface area contributed by atoms with Crippen LogP contribution in [-0.2, 0) is 57.1 Å². The zero-order chi connectivity index (χ0) is 30.5. The molecule has 1 amide bonds. The molecule has 0 aromatic heterocycles. The summed E-state index contributed by atoms with van der Waals surface area (Å²) in [4.78, 5) is 58.5. The highest BCUT2D eigenvalue weighted by molar-refractivity contribution is 5.82. The molecular formula is C21H28F3NO15. The van der Waals surface area contributed by atoms with E-state index in [9.17, 15) is 52.5 Å². The molecule has 4 N–H and O–H groups in total. The molecule has 40 heavy (non-hydrogen) atoms. The first-order chi connectivity index (χ1) is 18.5. The summed E-state index contributed by atoms with van der Waals surface area (Å²) in [6, 6.07) is -2.21. The Labute approximate surface area is 223 Å². The Hall–Kier alpha value is -3.10. The average Bonchev–Trinajstić information content (AvgIpc) is 2.84. The van der Waals surface area contributed by atoms with E-state index in [-0.39, 0.29) is 0 Å². The predicted molar refractivity (Wildman–Crippen MR) is 114 cm³/mol. The van der Waals surface area contributed by atoms with Gasteiger partial charge in [0.15, 0.2) is 18.5 Å². The SMILES string of the molecule is COC(=O)[C@H]1O[C@H](OC(C)=O)[C@H](OC(C)=O)[C@@H](O)[C@@H]1O[C@H]1O[C@H](COC(C)=O)[C@@H](O)[C@H](O)[C@H]1NC(=O)C(F)(F)F. The first-order valence-electron chi connectivity index (χ1n) is 11.4. The summed E-state index contributed by atoms with van der Waals surface area (Å²) in [6.07, 6.45) is -23.6. The zero-order valence-corrected chi connectivity index (χ0v) is 21.4. The number of carbonyl (C=O) groups is 5. The van der Waals surface area contributed by atoms with E-state index in [1.807, 2.05) is 0 Å². The zero-order valence-electron chi connectivity index (χ0n) is 21.4. The number of alkyl halides is 3. The smallest absolute Gasteiger partial charge is 0.467 e. The quantitative estimate of drug-likeness (QED) is 0.165. The van der Waals surface area contributed by atoms with Crippen molar-refractivity contribution in [2.75, 3.05) is 13.7 Å². The molecule has 2 rings (SSSR count). The summed E-state index contributed by atoms with van der Waals surface area (Å²) in [5.74, 6) is -6.74. The number of nitrogens with one attached hydrogen (secondary N) is 1. The summed E-state index contributed by atoms with van der Waals surface area (Å²) in [5, 5.41) is 33.3. The molecule has 2 saturated heterocycles. The lowest BCUT2D eigenvalue weighted by Gasteiger charge is -2.47. The fourth-order valence-corrected chi connectivity index (χ4v) is 3.79. The van der Waals surface area contributed by atoms with Crippen LogP contribution in [-0.4, -0.2) is 126 Å². The van der Waals surface area contributed by atoms with E-state index in [1.165, 1.54) is 5.32 Å². The van der Waals surface area contributed by atoms with Gasteiger partial charge in [-0.3, -0.25) is 19.2 Å². The van der Waals surface area contributed by atoms with E-state index >= 15 is 0 Å². The Bertz CT molecular complexity index is 962. The van der Waals surface area contributed by atoms with E-state index in [0.717, 1.165) is 27.9 Å². The first-order valence-corrected chi connectivity index (χ1v) is 11.4. The first kappa shape index (κ1) is 33.1. The second-order valence-electron chi connectivity index (χ2n) is 8.55. The van der Waals surface area contributed by atoms with Crippen LogP contribution in [0.4, 0.5) is 13.2 Å². The Balaban J connectivity index is 2.49. The highest BCUT2D eigenvalue weighted by Crippen LogP contribution is 2.32. The summed E-state index contributed by atoms with van der Waals surface area (Å²) >= 11 is 0. The maximum absolute atomic E-state index is 13.0. The summed E-state index contributed by atoms with van der Waals surface area (Å²) in [6.45, 7) is 2.07. The summed E-state index contributed by atoms with van der Waals surface area (Å²) in [5.41, 5.74) is 0. The van der Waals surface area contributed by atoms with Gasteiger partial charge in [0.2, 0.25) is 6.29 Å². The molecule has 10 atom stereocenters. The Morgan fingerprint density at radius 1 is 0.825 bits per heavy atom. The third kappa shape index (κ3) is 8.21. The molecular weight excluding hydrogens is 563 g/mol. The Kier molecular flexibility index (Phi) is 11.2. The predicted octanol–water partition coefficient (Wildman–Crippen LogP) is -2.82. The molecule has 16 nitrogen and oxygen atoms in total. The van der Waals surface area contributed by atoms with Crippen molar-refractivity contribution in [3.63, 3.8) is 0 Å². The van der Waals surface area contributed by atoms with Crippen LogP contribution in [0.3, 0.4) is 0 Å². The lowest BCUT2D eigenvalue weighted by molar-refractivity contribution is -0.338. The number of hydrogen-bond donors (Lipinski definition) is 4. The number of halogens is 3. The van der Waals surface area contributed by atoms with Crippen molar-refractivity contribution in [3.05, 3.63) is 0 Å². The van der Waals surface area contributed by atoms with Crippen LogP contribution in [0.2, 0.25) is 0 Å². The van der Waals surface area contributed by atoms with Crippen LogP contribution < -0.4 is 5.32 Å². The minimum atomic E-state index is -5.47. The number of aliphatic hydroxyl groups is 3. The maximum atomic E-state index is 13.0. The van der Waals surface area contributed by atoms with Crippen LogP contribution >= 0.6 is 0 Å². The van der Waals surface area contributed by atoms with Gasteiger partial charge in [-0.15, -0.1) is 0 Å². The lowest BCUT2D eigenvalue weighted by atomic mass is 9.95. The van der Waals surface area contributed by atoms with Crippen molar-refractivity contribution in [1.29, 1.82) is 0 Å². The van der Waals surface area contributed by atoms with Crippen molar-refractivity contribution in [2.45, 2.75) is 88.3 Å². The van der Waals surface area contributed by atoms with E-state index in [2.05, 4.69) is 4.74 Å². The van der Waals surface area contributed by atoms with Gasteiger partial charge < -0.3 is 53.8 Å². The number of methoxy groups -OCH3 is 1. The number of amides is 1. The van der Waals surface area contributed by atoms with Crippen LogP contribution in [0.25, 0.3) is 0 Å². The number of aliphatic hydroxyl groups excluding tert-OH is 3. The van der Waals surface area contributed by atoms with Crippen molar-refractivity contribution >= 4 is 29.8 Å². The van der Waals surface area contributed by atoms with Crippen LogP contribution in [0, 0.1) is 0 Å². The fourth-order valence-electron chi connectivity index (χ4n) is 3.79. The summed E-state index contributed by atoms with van der Waals surface area (Å²) in [7, 11) is 0.882. The molecule has 0 aromatic rings. The van der Waals surface area contributed by atoms with Gasteiger partial charge in [-0.1, -0.05) is 0 Å². The van der Waals surface area contributed by atoms with Gasteiger partial charge in [0.25, 0.3) is 0 Å². The molecule has 19 heteroatoms. The molecule has 2 fully saturated rings. The van der Waals surface area contributed by atoms with Crippen LogP contribution in [0.5, 0.6) is 0 Å². The molecule has 0 aromatic carbocycles. The van der Waals surface area contributed by atoms with E-state index in [0.29, 0.717) is 0 Å². The highest BCUT2D eigenvalue weighted by Gasteiger charge is 2.56. The molecule has 2 heterocycles. The second-order valence-corrected chi connectivity index (χ2v) is 8.55. The normalized spacial score (nSPS) is 34.2. The molecule has 0 radical (unpaired) electrons. The molecule has 2 aliphatic rings. The van der Waals surface area contributed by atoms with Crippen molar-refractivity contribution in [3.8, 4) is 0 Å². The monoisotopic (exact) mass is 591 g/mol. The topological polar surface area (TPSA) is 223 Å². The standard InChI is InChI=1S/C21H28F3NO15/c1-6(26)35-5-9-11(29)12(30)10(25-20(33)21(22,23)24)18(38-9)39-14-13(31)15(36-7(2)27)19(37-8(3)28)40-16(14)17(32)34-4/h9-16,18-19,29-31H,5H2,1-4H3,(H,25,33)/t9-,10-,11-,12-,13+,14+,15-,16+,18-,19+/m1/s1. The van der Waals surface area contributed by atoms with Gasteiger partial charge in [-0.05, 0) is 0 Å². The van der Waals surface area contributed by atoms with E-state index in [4.69, 9.17) is 28.4 Å². The number of hydrogen-bond acceptors (Lipinski definition) is 15. The van der Waals surface area contributed by atoms with Crippen LogP contribution in [0.15, 0.2) is 0 Å². The van der Waals surface area contributed by atoms with Crippen molar-refractivity contribution < 1.29 is 85.6 Å². The third-order valence-electron chi connectivity index (χ3n) is 5.54. The third-order valence-corrected chi connectivity index (χ3v) is 5.54. The van der Waals surface area contributed by atoms with Crippen molar-refractivity contribution in [1.82, 2.24) is 5.32 Å². The molecule has 0 bridgehead atoms. The maximum Gasteiger partial charge on any atom is 0.471 e. The average molecular weight is 591 g/mol. The molecule has 2 aliphatic heterocycles. The number of esters is 4. The van der Waals surface area contributed by atoms with Gasteiger partial charge in [0, 0.05) is 20.8 Å². The van der Waals surface area contributed by atoms with Crippen molar-refractivity contribution in [2.24, 2.45) is 0 Å². The number of carbonyl (C=O) groups excluding carboxylic acids is 5. The Morgan fingerprint density at radius 2 is 1.43 bits per heavy atom. The lowest BCUT2D eigenvalue weighted by Crippen LogP contribution is -2.69. The largest absolute Gasteiger partial charge is 0.471 e. The number of ether oxygens (including phenoxy) is 7. The molecule has 0 aliphatic carbocycles. The van der Waals surface area contributed by atoms with Gasteiger partial charge in [0.05, 0.1) is 7.11 Å². The molecule has 228 valence electrons. The molecule has 0 saturated carbocycles. The Morgan fingerprint density at radius 3 is 1.93 bits per heavy atom. The van der Waals surface area contributed by atoms with Gasteiger partial charge in [0.1, 0.15) is 43.2 Å². The van der Waals surface area contributed by atoms with Crippen LogP contribution in [0.1, 0.15) is 20.8 Å². The highest BCUT2D eigenvalue weighted by atomic mass is 19.4. The molecule has 0 spiro atoms. The minimum Gasteiger partial charge on any atom is -0.467 e. The van der Waals surface area contributed by atoms with E-state index in [1.54, 1.807) is 0 Å².